The molecular formula is C22H25N3O5. The lowest BCUT2D eigenvalue weighted by atomic mass is 10.0. The van der Waals surface area contributed by atoms with Gasteiger partial charge in [-0.3, -0.25) is 14.4 Å². The molecule has 30 heavy (non-hydrogen) atoms. The normalized spacial score (nSPS) is 13.5. The molecule has 0 radical (unpaired) electrons. The molecule has 0 bridgehead atoms. The van der Waals surface area contributed by atoms with E-state index in [1.807, 2.05) is 26.0 Å². The molecule has 8 heteroatoms. The van der Waals surface area contributed by atoms with Crippen LogP contribution in [0.25, 0.3) is 0 Å². The van der Waals surface area contributed by atoms with Crippen LogP contribution in [0.1, 0.15) is 31.8 Å². The van der Waals surface area contributed by atoms with Crippen molar-refractivity contribution in [3.63, 3.8) is 0 Å². The topological polar surface area (TPSA) is 97.0 Å². The highest BCUT2D eigenvalue weighted by atomic mass is 16.5. The van der Waals surface area contributed by atoms with Crippen molar-refractivity contribution >= 4 is 23.4 Å². The van der Waals surface area contributed by atoms with Gasteiger partial charge in [-0.15, -0.1) is 0 Å². The van der Waals surface area contributed by atoms with Gasteiger partial charge in [0.05, 0.1) is 26.5 Å². The maximum Gasteiger partial charge on any atom is 0.256 e. The average Bonchev–Trinajstić information content (AvgIpc) is 2.74. The van der Waals surface area contributed by atoms with Gasteiger partial charge in [-0.05, 0) is 37.6 Å². The van der Waals surface area contributed by atoms with Gasteiger partial charge >= 0.3 is 0 Å². The van der Waals surface area contributed by atoms with Gasteiger partial charge < -0.3 is 25.0 Å². The summed E-state index contributed by atoms with van der Waals surface area (Å²) in [5, 5.41) is 5.52. The Bertz CT molecular complexity index is 1000. The number of hydrogen-bond acceptors (Lipinski definition) is 5. The van der Waals surface area contributed by atoms with Crippen molar-refractivity contribution in [1.82, 2.24) is 10.2 Å². The second-order valence-electron chi connectivity index (χ2n) is 7.11. The van der Waals surface area contributed by atoms with Crippen molar-refractivity contribution in [2.75, 3.05) is 39.2 Å². The van der Waals surface area contributed by atoms with Crippen LogP contribution in [0, 0.1) is 13.8 Å². The minimum atomic E-state index is -0.326. The third-order valence-corrected chi connectivity index (χ3v) is 4.94. The summed E-state index contributed by atoms with van der Waals surface area (Å²) >= 11 is 0. The van der Waals surface area contributed by atoms with Gasteiger partial charge in [-0.25, -0.2) is 0 Å². The molecular weight excluding hydrogens is 386 g/mol. The monoisotopic (exact) mass is 411 g/mol. The first-order chi connectivity index (χ1) is 14.3. The van der Waals surface area contributed by atoms with E-state index in [0.29, 0.717) is 41.4 Å². The van der Waals surface area contributed by atoms with E-state index in [9.17, 15) is 14.4 Å². The van der Waals surface area contributed by atoms with E-state index in [1.54, 1.807) is 18.2 Å². The Morgan fingerprint density at radius 2 is 1.87 bits per heavy atom. The first-order valence-electron chi connectivity index (χ1n) is 9.54. The molecule has 1 aliphatic heterocycles. The first-order valence-corrected chi connectivity index (χ1v) is 9.54. The third-order valence-electron chi connectivity index (χ3n) is 4.94. The van der Waals surface area contributed by atoms with Crippen LogP contribution in [-0.2, 0) is 4.79 Å². The van der Waals surface area contributed by atoms with Crippen LogP contribution in [0.3, 0.4) is 0 Å². The summed E-state index contributed by atoms with van der Waals surface area (Å²) < 4.78 is 10.8. The quantitative estimate of drug-likeness (QED) is 0.786. The van der Waals surface area contributed by atoms with Crippen LogP contribution in [0.2, 0.25) is 0 Å². The number of amides is 3. The lowest BCUT2D eigenvalue weighted by Crippen LogP contribution is -2.49. The predicted molar refractivity (Wildman–Crippen MR) is 112 cm³/mol. The largest absolute Gasteiger partial charge is 0.493 e. The van der Waals surface area contributed by atoms with Gasteiger partial charge in [0.25, 0.3) is 11.8 Å². The number of hydrogen-bond donors (Lipinski definition) is 2. The Morgan fingerprint density at radius 3 is 2.53 bits per heavy atom. The fraction of sp³-hybridized carbons (Fsp3) is 0.318. The van der Waals surface area contributed by atoms with Crippen molar-refractivity contribution in [2.45, 2.75) is 13.8 Å². The number of nitrogens with one attached hydrogen (secondary N) is 2. The molecule has 158 valence electrons. The molecule has 0 saturated carbocycles. The molecule has 2 aromatic carbocycles. The summed E-state index contributed by atoms with van der Waals surface area (Å²) in [6, 6.07) is 8.70. The van der Waals surface area contributed by atoms with Gasteiger partial charge in [0.2, 0.25) is 5.91 Å². The lowest BCUT2D eigenvalue weighted by molar-refractivity contribution is -0.123. The summed E-state index contributed by atoms with van der Waals surface area (Å²) in [6.45, 7) is 4.55. The molecule has 8 nitrogen and oxygen atoms in total. The molecule has 1 heterocycles. The van der Waals surface area contributed by atoms with Crippen LogP contribution in [-0.4, -0.2) is 56.5 Å². The van der Waals surface area contributed by atoms with Crippen LogP contribution < -0.4 is 20.1 Å². The van der Waals surface area contributed by atoms with Crippen LogP contribution in [0.4, 0.5) is 5.69 Å². The van der Waals surface area contributed by atoms with Crippen molar-refractivity contribution in [3.05, 3.63) is 52.6 Å². The molecule has 0 aliphatic carbocycles. The van der Waals surface area contributed by atoms with Crippen molar-refractivity contribution in [1.29, 1.82) is 0 Å². The number of ether oxygens (including phenoxy) is 2. The summed E-state index contributed by atoms with van der Waals surface area (Å²) in [5.41, 5.74) is 2.92. The average molecular weight is 411 g/mol. The molecule has 3 rings (SSSR count). The molecule has 0 spiro atoms. The molecule has 3 amide bonds. The van der Waals surface area contributed by atoms with E-state index < -0.39 is 0 Å². The highest BCUT2D eigenvalue weighted by molar-refractivity contribution is 6.07. The highest BCUT2D eigenvalue weighted by Gasteiger charge is 2.25. The van der Waals surface area contributed by atoms with Crippen LogP contribution in [0.5, 0.6) is 11.5 Å². The van der Waals surface area contributed by atoms with Crippen LogP contribution in [0.15, 0.2) is 30.3 Å². The zero-order valence-electron chi connectivity index (χ0n) is 17.5. The Hall–Kier alpha value is -3.55. The highest BCUT2D eigenvalue weighted by Crippen LogP contribution is 2.37. The SMILES string of the molecule is COc1cc(C(=O)N2CCNC(=O)C2)cc(NC(=O)c2cc(C)ccc2C)c1OC. The summed E-state index contributed by atoms with van der Waals surface area (Å²) in [6.07, 6.45) is 0. The number of piperazine rings is 1. The van der Waals surface area contributed by atoms with Gasteiger partial charge in [-0.2, -0.15) is 0 Å². The molecule has 0 aromatic heterocycles. The third kappa shape index (κ3) is 4.37. The number of methoxy groups -OCH3 is 2. The van der Waals surface area contributed by atoms with Crippen molar-refractivity contribution in [3.8, 4) is 11.5 Å². The van der Waals surface area contributed by atoms with E-state index in [1.165, 1.54) is 19.1 Å². The van der Waals surface area contributed by atoms with E-state index >= 15 is 0 Å². The number of rotatable bonds is 5. The fourth-order valence-electron chi connectivity index (χ4n) is 3.35. The molecule has 2 aromatic rings. The summed E-state index contributed by atoms with van der Waals surface area (Å²) in [4.78, 5) is 39.0. The predicted octanol–water partition coefficient (Wildman–Crippen LogP) is 2.14. The number of carbonyl (C=O) groups is 3. The standard InChI is InChI=1S/C22H25N3O5/c1-13-5-6-14(2)16(9-13)21(27)24-17-10-15(11-18(29-3)20(17)30-4)22(28)25-8-7-23-19(26)12-25/h5-6,9-11H,7-8,12H2,1-4H3,(H,23,26)(H,24,27). The van der Waals surface area contributed by atoms with E-state index in [2.05, 4.69) is 10.6 Å². The number of benzene rings is 2. The lowest BCUT2D eigenvalue weighted by Gasteiger charge is -2.27. The number of nitrogens with zero attached hydrogens (tertiary/aromatic N) is 1. The van der Waals surface area contributed by atoms with Gasteiger partial charge in [0.15, 0.2) is 11.5 Å². The van der Waals surface area contributed by atoms with Crippen molar-refractivity contribution < 1.29 is 23.9 Å². The summed E-state index contributed by atoms with van der Waals surface area (Å²) in [5.74, 6) is -0.241. The number of anilines is 1. The minimum absolute atomic E-state index is 0.0165. The zero-order valence-corrected chi connectivity index (χ0v) is 17.5. The first kappa shape index (κ1) is 21.2. The Labute approximate surface area is 175 Å². The van der Waals surface area contributed by atoms with Crippen molar-refractivity contribution in [2.24, 2.45) is 0 Å². The van der Waals surface area contributed by atoms with E-state index in [4.69, 9.17) is 9.47 Å². The second-order valence-corrected chi connectivity index (χ2v) is 7.11. The Kier molecular flexibility index (Phi) is 6.25. The van der Waals surface area contributed by atoms with Gasteiger partial charge in [0.1, 0.15) is 0 Å². The smallest absolute Gasteiger partial charge is 0.256 e. The van der Waals surface area contributed by atoms with E-state index in [-0.39, 0.29) is 24.3 Å². The molecule has 2 N–H and O–H groups in total. The fourth-order valence-corrected chi connectivity index (χ4v) is 3.35. The Balaban J connectivity index is 1.97. The molecule has 0 unspecified atom stereocenters. The van der Waals surface area contributed by atoms with Gasteiger partial charge in [-0.1, -0.05) is 17.7 Å². The zero-order chi connectivity index (χ0) is 21.8. The van der Waals surface area contributed by atoms with E-state index in [0.717, 1.165) is 11.1 Å². The number of carbonyl (C=O) groups excluding carboxylic acids is 3. The second kappa shape index (κ2) is 8.86. The Morgan fingerprint density at radius 1 is 1.10 bits per heavy atom. The minimum Gasteiger partial charge on any atom is -0.493 e. The van der Waals surface area contributed by atoms with Crippen LogP contribution >= 0.6 is 0 Å². The molecule has 1 aliphatic rings. The maximum absolute atomic E-state index is 13.0. The number of aryl methyl sites for hydroxylation is 2. The summed E-state index contributed by atoms with van der Waals surface area (Å²) in [7, 11) is 2.92. The molecule has 1 fully saturated rings. The maximum atomic E-state index is 13.0. The molecule has 0 atom stereocenters. The molecule has 1 saturated heterocycles. The van der Waals surface area contributed by atoms with Gasteiger partial charge in [0, 0.05) is 24.2 Å².